The normalized spacial score (nSPS) is 13.0. The topological polar surface area (TPSA) is 85.1 Å². The summed E-state index contributed by atoms with van der Waals surface area (Å²) in [6.45, 7) is 0. The van der Waals surface area contributed by atoms with E-state index in [1.165, 1.54) is 17.5 Å². The second-order valence-electron chi connectivity index (χ2n) is 4.72. The first-order valence-corrected chi connectivity index (χ1v) is 7.63. The Hall–Kier alpha value is -1.92. The number of anilines is 1. The second-order valence-corrected chi connectivity index (χ2v) is 6.18. The Labute approximate surface area is 130 Å². The summed E-state index contributed by atoms with van der Waals surface area (Å²) >= 11 is 7.31. The maximum absolute atomic E-state index is 12.3. The number of halogens is 1. The van der Waals surface area contributed by atoms with Crippen LogP contribution in [0.4, 0.5) is 5.00 Å². The first kappa shape index (κ1) is 14.0. The highest BCUT2D eigenvalue weighted by Crippen LogP contribution is 2.39. The minimum atomic E-state index is -0.512. The van der Waals surface area contributed by atoms with Gasteiger partial charge in [-0.25, -0.2) is 4.98 Å². The van der Waals surface area contributed by atoms with Crippen molar-refractivity contribution >= 4 is 39.8 Å². The third-order valence-corrected chi connectivity index (χ3v) is 4.91. The van der Waals surface area contributed by atoms with Crippen LogP contribution in [0.15, 0.2) is 18.3 Å². The summed E-state index contributed by atoms with van der Waals surface area (Å²) in [6.07, 6.45) is 4.27. The van der Waals surface area contributed by atoms with E-state index in [1.54, 1.807) is 12.1 Å². The summed E-state index contributed by atoms with van der Waals surface area (Å²) in [7, 11) is 0. The molecule has 2 aromatic rings. The van der Waals surface area contributed by atoms with Gasteiger partial charge in [-0.05, 0) is 37.0 Å². The Morgan fingerprint density at radius 2 is 2.19 bits per heavy atom. The zero-order chi connectivity index (χ0) is 15.0. The number of primary amides is 1. The minimum absolute atomic E-state index is 0.125. The minimum Gasteiger partial charge on any atom is -0.365 e. The Bertz CT molecular complexity index is 742. The lowest BCUT2D eigenvalue weighted by Gasteiger charge is -2.06. The van der Waals surface area contributed by atoms with Gasteiger partial charge in [-0.1, -0.05) is 11.6 Å². The van der Waals surface area contributed by atoms with E-state index in [0.29, 0.717) is 10.6 Å². The molecule has 0 aliphatic heterocycles. The van der Waals surface area contributed by atoms with Crippen LogP contribution in [0, 0.1) is 0 Å². The summed E-state index contributed by atoms with van der Waals surface area (Å²) < 4.78 is 0. The van der Waals surface area contributed by atoms with Crippen LogP contribution >= 0.6 is 22.9 Å². The quantitative estimate of drug-likeness (QED) is 0.852. The van der Waals surface area contributed by atoms with Crippen molar-refractivity contribution in [2.45, 2.75) is 19.3 Å². The van der Waals surface area contributed by atoms with E-state index < -0.39 is 11.8 Å². The summed E-state index contributed by atoms with van der Waals surface area (Å²) in [6, 6.07) is 3.21. The number of hydrogen-bond donors (Lipinski definition) is 2. The first-order valence-electron chi connectivity index (χ1n) is 6.44. The van der Waals surface area contributed by atoms with E-state index in [9.17, 15) is 9.59 Å². The molecule has 2 amide bonds. The van der Waals surface area contributed by atoms with Crippen LogP contribution < -0.4 is 11.1 Å². The molecule has 0 atom stereocenters. The monoisotopic (exact) mass is 321 g/mol. The van der Waals surface area contributed by atoms with E-state index in [1.807, 2.05) is 0 Å². The SMILES string of the molecule is NC(=O)c1c(NC(=O)c2cccnc2Cl)sc2c1CCC2. The highest BCUT2D eigenvalue weighted by atomic mass is 35.5. The third kappa shape index (κ3) is 2.52. The molecule has 0 radical (unpaired) electrons. The number of carbonyl (C=O) groups excluding carboxylic acids is 2. The first-order chi connectivity index (χ1) is 10.1. The van der Waals surface area contributed by atoms with Crippen molar-refractivity contribution in [3.05, 3.63) is 45.1 Å². The van der Waals surface area contributed by atoms with Crippen LogP contribution in [0.25, 0.3) is 0 Å². The number of nitrogens with zero attached hydrogens (tertiary/aromatic N) is 1. The molecule has 5 nitrogen and oxygen atoms in total. The molecular weight excluding hydrogens is 310 g/mol. The molecule has 0 fully saturated rings. The van der Waals surface area contributed by atoms with Gasteiger partial charge in [0.05, 0.1) is 11.1 Å². The van der Waals surface area contributed by atoms with E-state index in [2.05, 4.69) is 10.3 Å². The molecule has 1 aliphatic carbocycles. The Balaban J connectivity index is 1.94. The van der Waals surface area contributed by atoms with Crippen molar-refractivity contribution < 1.29 is 9.59 Å². The van der Waals surface area contributed by atoms with E-state index >= 15 is 0 Å². The number of rotatable bonds is 3. The maximum atomic E-state index is 12.3. The van der Waals surface area contributed by atoms with Gasteiger partial charge in [0, 0.05) is 11.1 Å². The standard InChI is InChI=1S/C14H12ClN3O2S/c15-11-8(4-2-6-17-11)13(20)18-14-10(12(16)19)7-3-1-5-9(7)21-14/h2,4,6H,1,3,5H2,(H2,16,19)(H,18,20). The average molecular weight is 322 g/mol. The van der Waals surface area contributed by atoms with E-state index in [0.717, 1.165) is 29.7 Å². The van der Waals surface area contributed by atoms with Crippen molar-refractivity contribution in [1.82, 2.24) is 4.98 Å². The highest BCUT2D eigenvalue weighted by Gasteiger charge is 2.26. The van der Waals surface area contributed by atoms with Crippen LogP contribution in [0.1, 0.15) is 37.6 Å². The number of thiophene rings is 1. The number of nitrogens with two attached hydrogens (primary N) is 1. The Morgan fingerprint density at radius 3 is 2.90 bits per heavy atom. The zero-order valence-electron chi connectivity index (χ0n) is 11.0. The number of carbonyl (C=O) groups is 2. The molecular formula is C14H12ClN3O2S. The fraction of sp³-hybridized carbons (Fsp3) is 0.214. The lowest BCUT2D eigenvalue weighted by Crippen LogP contribution is -2.18. The zero-order valence-corrected chi connectivity index (χ0v) is 12.6. The highest BCUT2D eigenvalue weighted by molar-refractivity contribution is 7.17. The molecule has 21 heavy (non-hydrogen) atoms. The number of nitrogens with one attached hydrogen (secondary N) is 1. The smallest absolute Gasteiger partial charge is 0.259 e. The lowest BCUT2D eigenvalue weighted by atomic mass is 10.1. The fourth-order valence-electron chi connectivity index (χ4n) is 2.48. The lowest BCUT2D eigenvalue weighted by molar-refractivity contribution is 0.100. The van der Waals surface area contributed by atoms with Crippen LogP contribution in [0.3, 0.4) is 0 Å². The van der Waals surface area contributed by atoms with Crippen LogP contribution in [-0.2, 0) is 12.8 Å². The number of fused-ring (bicyclic) bond motifs is 1. The number of hydrogen-bond acceptors (Lipinski definition) is 4. The molecule has 108 valence electrons. The number of aryl methyl sites for hydroxylation is 1. The molecule has 0 unspecified atom stereocenters. The van der Waals surface area contributed by atoms with Crippen molar-refractivity contribution in [2.75, 3.05) is 5.32 Å². The predicted molar refractivity (Wildman–Crippen MR) is 82.1 cm³/mol. The number of pyridine rings is 1. The molecule has 3 rings (SSSR count). The van der Waals surface area contributed by atoms with Gasteiger partial charge in [0.1, 0.15) is 10.2 Å². The van der Waals surface area contributed by atoms with Crippen LogP contribution in [0.5, 0.6) is 0 Å². The predicted octanol–water partition coefficient (Wildman–Crippen LogP) is 2.64. The molecule has 3 N–H and O–H groups in total. The van der Waals surface area contributed by atoms with Crippen molar-refractivity contribution in [1.29, 1.82) is 0 Å². The average Bonchev–Trinajstić information content (AvgIpc) is 2.98. The van der Waals surface area contributed by atoms with Crippen molar-refractivity contribution in [3.63, 3.8) is 0 Å². The van der Waals surface area contributed by atoms with Gasteiger partial charge < -0.3 is 11.1 Å². The van der Waals surface area contributed by atoms with E-state index in [-0.39, 0.29) is 10.7 Å². The Morgan fingerprint density at radius 1 is 1.38 bits per heavy atom. The van der Waals surface area contributed by atoms with Crippen LogP contribution in [0.2, 0.25) is 5.15 Å². The molecule has 0 saturated heterocycles. The van der Waals surface area contributed by atoms with Crippen molar-refractivity contribution in [3.8, 4) is 0 Å². The van der Waals surface area contributed by atoms with E-state index in [4.69, 9.17) is 17.3 Å². The summed E-state index contributed by atoms with van der Waals surface area (Å²) in [5.74, 6) is -0.905. The van der Waals surface area contributed by atoms with Crippen molar-refractivity contribution in [2.24, 2.45) is 5.73 Å². The largest absolute Gasteiger partial charge is 0.365 e. The van der Waals surface area contributed by atoms with Gasteiger partial charge in [-0.2, -0.15) is 0 Å². The molecule has 7 heteroatoms. The summed E-state index contributed by atoms with van der Waals surface area (Å²) in [5, 5.41) is 3.35. The molecule has 2 heterocycles. The van der Waals surface area contributed by atoms with Gasteiger partial charge in [-0.3, -0.25) is 9.59 Å². The molecule has 0 aromatic carbocycles. The van der Waals surface area contributed by atoms with Gasteiger partial charge in [0.25, 0.3) is 11.8 Å². The van der Waals surface area contributed by atoms with Gasteiger partial charge >= 0.3 is 0 Å². The number of amides is 2. The molecule has 2 aromatic heterocycles. The third-order valence-electron chi connectivity index (χ3n) is 3.40. The molecule has 0 spiro atoms. The summed E-state index contributed by atoms with van der Waals surface area (Å²) in [4.78, 5) is 28.9. The number of aromatic nitrogens is 1. The fourth-order valence-corrected chi connectivity index (χ4v) is 3.97. The molecule has 1 aliphatic rings. The maximum Gasteiger partial charge on any atom is 0.259 e. The van der Waals surface area contributed by atoms with Gasteiger partial charge in [0.15, 0.2) is 0 Å². The van der Waals surface area contributed by atoms with Crippen LogP contribution in [-0.4, -0.2) is 16.8 Å². The summed E-state index contributed by atoms with van der Waals surface area (Å²) in [5.41, 5.74) is 7.12. The van der Waals surface area contributed by atoms with Gasteiger partial charge in [-0.15, -0.1) is 11.3 Å². The Kier molecular flexibility index (Phi) is 3.65. The molecule has 0 bridgehead atoms. The molecule has 0 saturated carbocycles. The second kappa shape index (κ2) is 5.46. The van der Waals surface area contributed by atoms with Gasteiger partial charge in [0.2, 0.25) is 0 Å².